The molecule has 21 heavy (non-hydrogen) atoms. The van der Waals surface area contributed by atoms with Crippen molar-refractivity contribution in [2.75, 3.05) is 0 Å². The molecule has 4 heteroatoms. The largest absolute Gasteiger partial charge is 0.294 e. The predicted octanol–water partition coefficient (Wildman–Crippen LogP) is 3.19. The lowest BCUT2D eigenvalue weighted by Gasteiger charge is -2.02. The molecule has 2 heterocycles. The highest BCUT2D eigenvalue weighted by Crippen LogP contribution is 2.20. The second-order valence-corrected chi connectivity index (χ2v) is 5.02. The fourth-order valence-electron chi connectivity index (χ4n) is 2.59. The number of Topliss-reactive ketones (excluding diaryl/α,β-unsaturated/α-hetero) is 1. The minimum atomic E-state index is 0.0621. The molecule has 4 nitrogen and oxygen atoms in total. The Kier molecular flexibility index (Phi) is 3.52. The van der Waals surface area contributed by atoms with Gasteiger partial charge < -0.3 is 0 Å². The third kappa shape index (κ3) is 2.44. The first kappa shape index (κ1) is 13.5. The summed E-state index contributed by atoms with van der Waals surface area (Å²) in [7, 11) is 0. The monoisotopic (exact) mass is 279 g/mol. The highest BCUT2D eigenvalue weighted by Gasteiger charge is 2.15. The average molecular weight is 279 g/mol. The minimum Gasteiger partial charge on any atom is -0.294 e. The van der Waals surface area contributed by atoms with E-state index in [1.54, 1.807) is 12.3 Å². The molecule has 0 saturated carbocycles. The van der Waals surface area contributed by atoms with Gasteiger partial charge in [0.1, 0.15) is 0 Å². The molecule has 0 atom stereocenters. The number of pyridine rings is 1. The first-order chi connectivity index (χ1) is 10.2. The topological polar surface area (TPSA) is 47.8 Å². The highest BCUT2D eigenvalue weighted by molar-refractivity contribution is 6.00. The lowest BCUT2D eigenvalue weighted by atomic mass is 10.0. The summed E-state index contributed by atoms with van der Waals surface area (Å²) in [5.41, 5.74) is 3.35. The van der Waals surface area contributed by atoms with Crippen LogP contribution in [0.2, 0.25) is 0 Å². The van der Waals surface area contributed by atoms with Gasteiger partial charge in [0.15, 0.2) is 5.78 Å². The van der Waals surface area contributed by atoms with Crippen molar-refractivity contribution in [1.29, 1.82) is 0 Å². The van der Waals surface area contributed by atoms with Gasteiger partial charge in [0.05, 0.1) is 17.6 Å². The molecule has 0 fully saturated rings. The number of carbonyl (C=O) groups is 1. The smallest absolute Gasteiger partial charge is 0.170 e. The maximum Gasteiger partial charge on any atom is 0.170 e. The Morgan fingerprint density at radius 2 is 2.00 bits per heavy atom. The molecule has 2 aromatic heterocycles. The van der Waals surface area contributed by atoms with Crippen LogP contribution < -0.4 is 0 Å². The maximum absolute atomic E-state index is 12.5. The third-order valence-electron chi connectivity index (χ3n) is 3.67. The van der Waals surface area contributed by atoms with E-state index < -0.39 is 0 Å². The van der Waals surface area contributed by atoms with E-state index in [0.29, 0.717) is 12.0 Å². The molecule has 0 unspecified atom stereocenters. The second-order valence-electron chi connectivity index (χ2n) is 5.02. The van der Waals surface area contributed by atoms with Gasteiger partial charge in [0.25, 0.3) is 0 Å². The van der Waals surface area contributed by atoms with Crippen molar-refractivity contribution in [3.05, 3.63) is 59.5 Å². The van der Waals surface area contributed by atoms with Crippen LogP contribution in [0, 0.1) is 6.92 Å². The molecule has 1 aromatic carbocycles. The van der Waals surface area contributed by atoms with Crippen LogP contribution in [0.3, 0.4) is 0 Å². The molecular formula is C17H17N3O. The van der Waals surface area contributed by atoms with Gasteiger partial charge in [-0.15, -0.1) is 0 Å². The SMILES string of the molecule is CCn1nc(CC(=O)c2cccnc2C)c2ccccc21. The van der Waals surface area contributed by atoms with Gasteiger partial charge >= 0.3 is 0 Å². The van der Waals surface area contributed by atoms with Crippen LogP contribution in [0.1, 0.15) is 28.7 Å². The number of nitrogens with zero attached hydrogens (tertiary/aromatic N) is 3. The molecular weight excluding hydrogens is 262 g/mol. The number of hydrogen-bond acceptors (Lipinski definition) is 3. The van der Waals surface area contributed by atoms with Crippen molar-refractivity contribution < 1.29 is 4.79 Å². The molecule has 0 bridgehead atoms. The molecule has 0 spiro atoms. The van der Waals surface area contributed by atoms with Crippen LogP contribution in [0.4, 0.5) is 0 Å². The van der Waals surface area contributed by atoms with E-state index >= 15 is 0 Å². The van der Waals surface area contributed by atoms with Crippen molar-refractivity contribution in [2.24, 2.45) is 0 Å². The first-order valence-electron chi connectivity index (χ1n) is 7.10. The Balaban J connectivity index is 1.99. The normalized spacial score (nSPS) is 11.0. The summed E-state index contributed by atoms with van der Waals surface area (Å²) >= 11 is 0. The Morgan fingerprint density at radius 1 is 1.19 bits per heavy atom. The minimum absolute atomic E-state index is 0.0621. The molecule has 0 aliphatic carbocycles. The lowest BCUT2D eigenvalue weighted by Crippen LogP contribution is -2.08. The van der Waals surface area contributed by atoms with Crippen molar-refractivity contribution in [2.45, 2.75) is 26.8 Å². The number of aryl methyl sites for hydroxylation is 2. The molecule has 0 amide bonds. The van der Waals surface area contributed by atoms with Crippen LogP contribution in [-0.2, 0) is 13.0 Å². The standard InChI is InChI=1S/C17H17N3O/c1-3-20-16-9-5-4-7-14(16)15(19-20)11-17(21)13-8-6-10-18-12(13)2/h4-10H,3,11H2,1-2H3. The number of aromatic nitrogens is 3. The molecule has 0 saturated heterocycles. The quantitative estimate of drug-likeness (QED) is 0.689. The van der Waals surface area contributed by atoms with Crippen molar-refractivity contribution in [3.63, 3.8) is 0 Å². The summed E-state index contributed by atoms with van der Waals surface area (Å²) in [5, 5.41) is 5.63. The zero-order chi connectivity index (χ0) is 14.8. The number of hydrogen-bond donors (Lipinski definition) is 0. The summed E-state index contributed by atoms with van der Waals surface area (Å²) < 4.78 is 1.94. The van der Waals surface area contributed by atoms with Crippen LogP contribution in [0.25, 0.3) is 10.9 Å². The summed E-state index contributed by atoms with van der Waals surface area (Å²) in [6.07, 6.45) is 2.01. The second kappa shape index (κ2) is 5.48. The molecule has 106 valence electrons. The summed E-state index contributed by atoms with van der Waals surface area (Å²) in [6, 6.07) is 11.6. The number of rotatable bonds is 4. The van der Waals surface area contributed by atoms with Crippen LogP contribution >= 0.6 is 0 Å². The zero-order valence-corrected chi connectivity index (χ0v) is 12.2. The van der Waals surface area contributed by atoms with E-state index in [1.807, 2.05) is 41.9 Å². The van der Waals surface area contributed by atoms with E-state index in [-0.39, 0.29) is 5.78 Å². The van der Waals surface area contributed by atoms with Crippen LogP contribution in [0.5, 0.6) is 0 Å². The van der Waals surface area contributed by atoms with Crippen molar-refractivity contribution in [1.82, 2.24) is 14.8 Å². The van der Waals surface area contributed by atoms with Gasteiger partial charge in [-0.3, -0.25) is 14.5 Å². The predicted molar refractivity (Wildman–Crippen MR) is 82.4 cm³/mol. The van der Waals surface area contributed by atoms with E-state index in [4.69, 9.17) is 0 Å². The Morgan fingerprint density at radius 3 is 2.76 bits per heavy atom. The first-order valence-corrected chi connectivity index (χ1v) is 7.10. The Labute approximate surface area is 123 Å². The van der Waals surface area contributed by atoms with Gasteiger partial charge in [-0.1, -0.05) is 18.2 Å². The van der Waals surface area contributed by atoms with E-state index in [2.05, 4.69) is 17.0 Å². The number of ketones is 1. The van der Waals surface area contributed by atoms with Gasteiger partial charge in [-0.25, -0.2) is 0 Å². The molecule has 0 N–H and O–H groups in total. The van der Waals surface area contributed by atoms with Gasteiger partial charge in [0, 0.05) is 29.4 Å². The van der Waals surface area contributed by atoms with E-state index in [1.165, 1.54) is 0 Å². The molecule has 0 radical (unpaired) electrons. The van der Waals surface area contributed by atoms with E-state index in [9.17, 15) is 4.79 Å². The fraction of sp³-hybridized carbons (Fsp3) is 0.235. The van der Waals surface area contributed by atoms with Crippen molar-refractivity contribution >= 4 is 16.7 Å². The highest BCUT2D eigenvalue weighted by atomic mass is 16.1. The van der Waals surface area contributed by atoms with Gasteiger partial charge in [0.2, 0.25) is 0 Å². The Hall–Kier alpha value is -2.49. The molecule has 3 aromatic rings. The molecule has 0 aliphatic rings. The molecule has 3 rings (SSSR count). The van der Waals surface area contributed by atoms with E-state index in [0.717, 1.165) is 28.8 Å². The summed E-state index contributed by atoms with van der Waals surface area (Å²) in [4.78, 5) is 16.7. The fourth-order valence-corrected chi connectivity index (χ4v) is 2.59. The van der Waals surface area contributed by atoms with Crippen LogP contribution in [0.15, 0.2) is 42.6 Å². The van der Waals surface area contributed by atoms with Gasteiger partial charge in [-0.05, 0) is 32.0 Å². The zero-order valence-electron chi connectivity index (χ0n) is 12.2. The number of benzene rings is 1. The number of fused-ring (bicyclic) bond motifs is 1. The average Bonchev–Trinajstić information content (AvgIpc) is 2.86. The maximum atomic E-state index is 12.5. The van der Waals surface area contributed by atoms with Gasteiger partial charge in [-0.2, -0.15) is 5.10 Å². The Bertz CT molecular complexity index is 805. The van der Waals surface area contributed by atoms with Crippen molar-refractivity contribution in [3.8, 4) is 0 Å². The third-order valence-corrected chi connectivity index (χ3v) is 3.67. The number of carbonyl (C=O) groups excluding carboxylic acids is 1. The lowest BCUT2D eigenvalue weighted by molar-refractivity contribution is 0.0991. The summed E-state index contributed by atoms with van der Waals surface area (Å²) in [5.74, 6) is 0.0621. The summed E-state index contributed by atoms with van der Waals surface area (Å²) in [6.45, 7) is 4.70. The van der Waals surface area contributed by atoms with Crippen LogP contribution in [-0.4, -0.2) is 20.5 Å². The number of para-hydroxylation sites is 1. The molecule has 0 aliphatic heterocycles.